The fraction of sp³-hybridized carbons (Fsp3) is 0.415. The molecule has 0 aliphatic carbocycles. The summed E-state index contributed by atoms with van der Waals surface area (Å²) in [5, 5.41) is 17.8. The van der Waals surface area contributed by atoms with Crippen LogP contribution in [-0.2, 0) is 56.1 Å². The first-order valence-corrected chi connectivity index (χ1v) is 19.4. The van der Waals surface area contributed by atoms with Crippen LogP contribution in [0.15, 0.2) is 84.9 Å². The number of amides is 4. The number of halogens is 3. The van der Waals surface area contributed by atoms with Gasteiger partial charge in [0, 0.05) is 25.1 Å². The van der Waals surface area contributed by atoms with Gasteiger partial charge in [-0.25, -0.2) is 14.4 Å². The highest BCUT2D eigenvalue weighted by atomic mass is 19.4. The monoisotopic (exact) mass is 871 g/mol. The number of hydrogen-bond donors (Lipinski definition) is 3. The first kappa shape index (κ1) is 46.5. The Bertz CT molecular complexity index is 2060. The van der Waals surface area contributed by atoms with Crippen LogP contribution in [0.3, 0.4) is 0 Å². The third kappa shape index (κ3) is 12.9. The van der Waals surface area contributed by atoms with Crippen LogP contribution in [0, 0.1) is 10.1 Å². The van der Waals surface area contributed by atoms with Crippen molar-refractivity contribution in [3.63, 3.8) is 0 Å². The maximum absolute atomic E-state index is 13.8. The number of nitro benzene ring substituents is 1. The molecule has 3 aromatic carbocycles. The molecule has 21 heteroatoms. The van der Waals surface area contributed by atoms with Crippen LogP contribution in [0.4, 0.5) is 23.7 Å². The van der Waals surface area contributed by atoms with Crippen molar-refractivity contribution in [1.82, 2.24) is 20.9 Å². The summed E-state index contributed by atoms with van der Waals surface area (Å²) >= 11 is 0. The van der Waals surface area contributed by atoms with E-state index in [4.69, 9.17) is 23.7 Å². The first-order chi connectivity index (χ1) is 29.5. The van der Waals surface area contributed by atoms with Crippen molar-refractivity contribution in [1.29, 1.82) is 0 Å². The Labute approximate surface area is 352 Å². The molecule has 0 aromatic heterocycles. The maximum atomic E-state index is 13.8. The zero-order chi connectivity index (χ0) is 45.0. The molecule has 2 heterocycles. The van der Waals surface area contributed by atoms with Gasteiger partial charge in [-0.2, -0.15) is 13.2 Å². The molecule has 0 saturated carbocycles. The lowest BCUT2D eigenvalue weighted by Gasteiger charge is -2.40. The average molecular weight is 872 g/mol. The number of carbonyl (C=O) groups is 6. The van der Waals surface area contributed by atoms with Crippen LogP contribution < -0.4 is 16.0 Å². The number of ether oxygens (including phenoxy) is 5. The predicted molar refractivity (Wildman–Crippen MR) is 207 cm³/mol. The molecule has 332 valence electrons. The quantitative estimate of drug-likeness (QED) is 0.0805. The van der Waals surface area contributed by atoms with Crippen molar-refractivity contribution in [3.05, 3.63) is 112 Å². The van der Waals surface area contributed by atoms with Gasteiger partial charge in [0.05, 0.1) is 29.2 Å². The van der Waals surface area contributed by atoms with E-state index >= 15 is 0 Å². The second-order valence-electron chi connectivity index (χ2n) is 14.4. The highest BCUT2D eigenvalue weighted by Gasteiger charge is 2.46. The molecule has 0 spiro atoms. The third-order valence-corrected chi connectivity index (χ3v) is 9.82. The molecule has 0 bridgehead atoms. The van der Waals surface area contributed by atoms with Gasteiger partial charge in [0.25, 0.3) is 5.69 Å². The van der Waals surface area contributed by atoms with Gasteiger partial charge in [0.15, 0.2) is 6.29 Å². The summed E-state index contributed by atoms with van der Waals surface area (Å²) in [6.07, 6.45) is -10.4. The van der Waals surface area contributed by atoms with Crippen molar-refractivity contribution in [2.75, 3.05) is 13.2 Å². The topological polar surface area (TPSA) is 231 Å². The van der Waals surface area contributed by atoms with Gasteiger partial charge in [-0.3, -0.25) is 29.4 Å². The number of carbonyl (C=O) groups excluding carboxylic acids is 6. The van der Waals surface area contributed by atoms with Crippen LogP contribution in [0.2, 0.25) is 0 Å². The summed E-state index contributed by atoms with van der Waals surface area (Å²) in [4.78, 5) is 90.1. The van der Waals surface area contributed by atoms with E-state index in [0.29, 0.717) is 17.5 Å². The Morgan fingerprint density at radius 2 is 1.52 bits per heavy atom. The molecule has 0 unspecified atom stereocenters. The molecule has 3 aromatic rings. The maximum Gasteiger partial charge on any atom is 0.471 e. The molecule has 0 radical (unpaired) electrons. The van der Waals surface area contributed by atoms with Crippen LogP contribution in [0.1, 0.15) is 54.6 Å². The lowest BCUT2D eigenvalue weighted by molar-refractivity contribution is -0.384. The van der Waals surface area contributed by atoms with Gasteiger partial charge in [-0.1, -0.05) is 60.7 Å². The molecule has 2 saturated heterocycles. The molecule has 2 fully saturated rings. The number of nitro groups is 1. The Balaban J connectivity index is 1.29. The van der Waals surface area contributed by atoms with E-state index in [0.717, 1.165) is 24.3 Å². The van der Waals surface area contributed by atoms with E-state index in [1.165, 1.54) is 18.7 Å². The van der Waals surface area contributed by atoms with Gasteiger partial charge < -0.3 is 39.6 Å². The Kier molecular flexibility index (Phi) is 15.9. The van der Waals surface area contributed by atoms with Crippen LogP contribution >= 0.6 is 0 Å². The SMILES string of the molecule is C[C@H](NC(=O)[C@H](CO[C@@H]1C[C@@H](NC(=O)C(F)(F)F)[C@@H](OC(=O)c2ccc([N+](=O)[O-])cc2)[C@H](C)O1)NC(=O)[C@@H]1CCCN1C(=O)OCc1ccccc1)C(=O)OCc1ccccc1. The lowest BCUT2D eigenvalue weighted by atomic mass is 9.98. The number of nitrogens with zero attached hydrogens (tertiary/aromatic N) is 2. The van der Waals surface area contributed by atoms with Crippen molar-refractivity contribution >= 4 is 41.4 Å². The molecular weight excluding hydrogens is 827 g/mol. The Morgan fingerprint density at radius 1 is 0.903 bits per heavy atom. The lowest BCUT2D eigenvalue weighted by Crippen LogP contribution is -2.59. The highest BCUT2D eigenvalue weighted by Crippen LogP contribution is 2.27. The van der Waals surface area contributed by atoms with E-state index in [1.54, 1.807) is 66.0 Å². The minimum atomic E-state index is -5.35. The zero-order valence-corrected chi connectivity index (χ0v) is 33.4. The zero-order valence-electron chi connectivity index (χ0n) is 33.4. The second-order valence-corrected chi connectivity index (χ2v) is 14.4. The average Bonchev–Trinajstić information content (AvgIpc) is 3.75. The molecule has 2 aliphatic rings. The van der Waals surface area contributed by atoms with Gasteiger partial charge in [0.2, 0.25) is 11.8 Å². The highest BCUT2D eigenvalue weighted by molar-refractivity contribution is 5.93. The molecule has 4 amide bonds. The number of likely N-dealkylation sites (tertiary alicyclic amines) is 1. The molecule has 5 rings (SSSR count). The second kappa shape index (κ2) is 21.3. The molecular formula is C41H44F3N5O13. The minimum absolute atomic E-state index is 0.0665. The van der Waals surface area contributed by atoms with Gasteiger partial charge in [-0.05, 0) is 49.9 Å². The van der Waals surface area contributed by atoms with Crippen LogP contribution in [-0.4, -0.2) is 108 Å². The van der Waals surface area contributed by atoms with E-state index < -0.39 is 103 Å². The van der Waals surface area contributed by atoms with E-state index in [1.807, 2.05) is 0 Å². The molecule has 18 nitrogen and oxygen atoms in total. The normalized spacial score (nSPS) is 20.8. The minimum Gasteiger partial charge on any atom is -0.459 e. The summed E-state index contributed by atoms with van der Waals surface area (Å²) < 4.78 is 68.2. The number of alkyl halides is 3. The summed E-state index contributed by atoms with van der Waals surface area (Å²) in [6.45, 7) is 1.94. The number of rotatable bonds is 16. The molecule has 7 atom stereocenters. The van der Waals surface area contributed by atoms with E-state index in [9.17, 15) is 52.1 Å². The fourth-order valence-electron chi connectivity index (χ4n) is 6.57. The summed E-state index contributed by atoms with van der Waals surface area (Å²) in [7, 11) is 0. The van der Waals surface area contributed by atoms with Gasteiger partial charge in [-0.15, -0.1) is 0 Å². The first-order valence-electron chi connectivity index (χ1n) is 19.4. The van der Waals surface area contributed by atoms with E-state index in [-0.39, 0.29) is 37.4 Å². The summed E-state index contributed by atoms with van der Waals surface area (Å²) in [5.74, 6) is -6.01. The summed E-state index contributed by atoms with van der Waals surface area (Å²) in [6, 6.07) is 16.2. The summed E-state index contributed by atoms with van der Waals surface area (Å²) in [5.41, 5.74) is 0.861. The molecule has 62 heavy (non-hydrogen) atoms. The van der Waals surface area contributed by atoms with Gasteiger partial charge >= 0.3 is 30.1 Å². The van der Waals surface area contributed by atoms with Crippen molar-refractivity contribution in [2.45, 2.75) is 95.2 Å². The molecule has 2 aliphatic heterocycles. The van der Waals surface area contributed by atoms with Crippen LogP contribution in [0.25, 0.3) is 0 Å². The number of non-ortho nitro benzene ring substituents is 1. The van der Waals surface area contributed by atoms with Crippen molar-refractivity contribution in [2.24, 2.45) is 0 Å². The Hall–Kier alpha value is -6.61. The smallest absolute Gasteiger partial charge is 0.459 e. The third-order valence-electron chi connectivity index (χ3n) is 9.82. The van der Waals surface area contributed by atoms with Crippen LogP contribution in [0.5, 0.6) is 0 Å². The number of hydrogen-bond acceptors (Lipinski definition) is 13. The number of esters is 2. The Morgan fingerprint density at radius 3 is 2.11 bits per heavy atom. The largest absolute Gasteiger partial charge is 0.471 e. The predicted octanol–water partition coefficient (Wildman–Crippen LogP) is 3.85. The van der Waals surface area contributed by atoms with E-state index in [2.05, 4.69) is 10.6 Å². The molecule has 3 N–H and O–H groups in total. The standard InChI is InChI=1S/C41H44F3N5O13/c1-24(37(52)59-21-26-10-5-3-6-11-26)45-35(50)31(46-36(51)32-14-9-19-48(32)40(55)60-22-27-12-7-4-8-13-27)23-58-33-20-30(47-39(54)41(42,43)44)34(25(2)61-33)62-38(53)28-15-17-29(18-16-28)49(56)57/h3-8,10-13,15-18,24-25,30-34H,9,14,19-23H2,1-2H3,(H,45,50)(H,46,51)(H,47,54)/t24-,25-,30+,31-,32-,33-,34-/m0/s1. The van der Waals surface area contributed by atoms with Crippen molar-refractivity contribution in [3.8, 4) is 0 Å². The number of benzene rings is 3. The van der Waals surface area contributed by atoms with Crippen molar-refractivity contribution < 1.29 is 70.5 Å². The van der Waals surface area contributed by atoms with Gasteiger partial charge in [0.1, 0.15) is 37.4 Å². The number of nitrogens with one attached hydrogen (secondary N) is 3. The fourth-order valence-corrected chi connectivity index (χ4v) is 6.57.